The number of carbonyl (C=O) groups is 2. The Labute approximate surface area is 198 Å². The fourth-order valence-electron chi connectivity index (χ4n) is 3.56. The molecule has 4 aromatic rings. The van der Waals surface area contributed by atoms with E-state index in [0.717, 1.165) is 16.3 Å². The number of nitrogens with one attached hydrogen (secondary N) is 1. The Morgan fingerprint density at radius 3 is 2.15 bits per heavy atom. The van der Waals surface area contributed by atoms with Gasteiger partial charge in [0.1, 0.15) is 11.8 Å². The van der Waals surface area contributed by atoms with Crippen molar-refractivity contribution in [2.24, 2.45) is 0 Å². The quantitative estimate of drug-likeness (QED) is 0.231. The minimum atomic E-state index is -4.02. The van der Waals surface area contributed by atoms with Gasteiger partial charge in [-0.15, -0.1) is 0 Å². The highest BCUT2D eigenvalue weighted by molar-refractivity contribution is 7.89. The van der Waals surface area contributed by atoms with E-state index in [4.69, 9.17) is 4.74 Å². The molecule has 34 heavy (non-hydrogen) atoms. The number of carbonyl (C=O) groups excluding carboxylic acids is 2. The Bertz CT molecular complexity index is 1430. The topological polar surface area (TPSA) is 89.5 Å². The van der Waals surface area contributed by atoms with E-state index >= 15 is 0 Å². The van der Waals surface area contributed by atoms with Gasteiger partial charge in [-0.05, 0) is 66.1 Å². The summed E-state index contributed by atoms with van der Waals surface area (Å²) in [5.41, 5.74) is 1.26. The monoisotopic (exact) mass is 473 g/mol. The summed E-state index contributed by atoms with van der Waals surface area (Å²) >= 11 is 0. The molecule has 0 saturated carbocycles. The number of ether oxygens (including phenoxy) is 1. The molecule has 4 rings (SSSR count). The number of benzene rings is 4. The molecule has 0 heterocycles. The number of hydrogen-bond donors (Lipinski definition) is 1. The van der Waals surface area contributed by atoms with Crippen LogP contribution in [0.4, 0.5) is 0 Å². The zero-order valence-electron chi connectivity index (χ0n) is 18.5. The molecule has 0 aliphatic carbocycles. The lowest BCUT2D eigenvalue weighted by Gasteiger charge is -2.18. The van der Waals surface area contributed by atoms with E-state index in [1.807, 2.05) is 54.6 Å². The molecule has 0 aromatic heterocycles. The zero-order chi connectivity index (χ0) is 24.1. The van der Waals surface area contributed by atoms with Crippen molar-refractivity contribution in [1.29, 1.82) is 0 Å². The number of fused-ring (bicyclic) bond motifs is 1. The van der Waals surface area contributed by atoms with Crippen molar-refractivity contribution in [2.75, 3.05) is 0 Å². The van der Waals surface area contributed by atoms with Gasteiger partial charge in [0.15, 0.2) is 5.78 Å². The number of esters is 1. The molecule has 0 spiro atoms. The molecule has 0 amide bonds. The number of hydrogen-bond acceptors (Lipinski definition) is 5. The van der Waals surface area contributed by atoms with E-state index in [1.165, 1.54) is 25.1 Å². The molecule has 7 heteroatoms. The highest BCUT2D eigenvalue weighted by atomic mass is 32.2. The first kappa shape index (κ1) is 23.4. The molecular formula is C27H23NO5S. The van der Waals surface area contributed by atoms with Gasteiger partial charge in [0.25, 0.3) is 0 Å². The predicted octanol–water partition coefficient (Wildman–Crippen LogP) is 4.54. The van der Waals surface area contributed by atoms with Gasteiger partial charge in [-0.1, -0.05) is 60.7 Å². The van der Waals surface area contributed by atoms with Crippen LogP contribution in [-0.4, -0.2) is 26.2 Å². The lowest BCUT2D eigenvalue weighted by atomic mass is 10.1. The summed E-state index contributed by atoms with van der Waals surface area (Å²) in [4.78, 5) is 24.6. The molecule has 1 N–H and O–H groups in total. The van der Waals surface area contributed by atoms with Crippen LogP contribution in [0.15, 0.2) is 102 Å². The predicted molar refractivity (Wildman–Crippen MR) is 130 cm³/mol. The highest BCUT2D eigenvalue weighted by Gasteiger charge is 2.28. The summed E-state index contributed by atoms with van der Waals surface area (Å²) in [6.45, 7) is 1.44. The molecule has 0 saturated heterocycles. The second-order valence-electron chi connectivity index (χ2n) is 7.87. The fraction of sp³-hybridized carbons (Fsp3) is 0.111. The summed E-state index contributed by atoms with van der Waals surface area (Å²) in [5, 5.41) is 1.69. The van der Waals surface area contributed by atoms with Crippen LogP contribution >= 0.6 is 0 Å². The molecule has 0 aliphatic heterocycles. The van der Waals surface area contributed by atoms with E-state index in [1.54, 1.807) is 24.3 Å². The maximum absolute atomic E-state index is 13.2. The largest absolute Gasteiger partial charge is 0.425 e. The Balaban J connectivity index is 1.60. The molecule has 0 bridgehead atoms. The third kappa shape index (κ3) is 5.57. The molecule has 0 radical (unpaired) electrons. The number of rotatable bonds is 8. The van der Waals surface area contributed by atoms with Crippen LogP contribution in [0.1, 0.15) is 22.8 Å². The summed E-state index contributed by atoms with van der Waals surface area (Å²) in [5.74, 6) is -0.635. The van der Waals surface area contributed by atoms with Crippen molar-refractivity contribution in [3.05, 3.63) is 108 Å². The first-order valence-electron chi connectivity index (χ1n) is 10.7. The summed E-state index contributed by atoms with van der Waals surface area (Å²) in [6, 6.07) is 26.3. The lowest BCUT2D eigenvalue weighted by molar-refractivity contribution is -0.136. The summed E-state index contributed by atoms with van der Waals surface area (Å²) < 4.78 is 34.4. The SMILES string of the molecule is CC(=O)c1ccc(OC(=O)[C@H](Cc2ccccc2)NS(=O)(=O)c2ccc3ccccc3c2)cc1. The van der Waals surface area contributed by atoms with Crippen LogP contribution < -0.4 is 9.46 Å². The van der Waals surface area contributed by atoms with Crippen molar-refractivity contribution >= 4 is 32.5 Å². The first-order valence-corrected chi connectivity index (χ1v) is 12.2. The van der Waals surface area contributed by atoms with Crippen molar-refractivity contribution in [3.63, 3.8) is 0 Å². The maximum atomic E-state index is 13.2. The minimum absolute atomic E-state index is 0.0582. The van der Waals surface area contributed by atoms with Gasteiger partial charge in [-0.3, -0.25) is 4.79 Å². The third-order valence-corrected chi connectivity index (χ3v) is 6.84. The van der Waals surface area contributed by atoms with Gasteiger partial charge in [0.2, 0.25) is 10.0 Å². The summed E-state index contributed by atoms with van der Waals surface area (Å²) in [7, 11) is -4.02. The van der Waals surface area contributed by atoms with Gasteiger partial charge in [0, 0.05) is 5.56 Å². The Morgan fingerprint density at radius 2 is 1.47 bits per heavy atom. The molecule has 4 aromatic carbocycles. The number of Topliss-reactive ketones (excluding diaryl/α,β-unsaturated/α-hetero) is 1. The molecule has 0 fully saturated rings. The molecule has 1 atom stereocenters. The normalized spacial score (nSPS) is 12.3. The van der Waals surface area contributed by atoms with Gasteiger partial charge >= 0.3 is 5.97 Å². The van der Waals surface area contributed by atoms with Crippen LogP contribution in [0.5, 0.6) is 5.75 Å². The van der Waals surface area contributed by atoms with Crippen molar-refractivity contribution < 1.29 is 22.7 Å². The van der Waals surface area contributed by atoms with Gasteiger partial charge < -0.3 is 4.74 Å². The lowest BCUT2D eigenvalue weighted by Crippen LogP contribution is -2.44. The first-order chi connectivity index (χ1) is 16.3. The van der Waals surface area contributed by atoms with Crippen molar-refractivity contribution in [3.8, 4) is 5.75 Å². The summed E-state index contributed by atoms with van der Waals surface area (Å²) in [6.07, 6.45) is 0.109. The van der Waals surface area contributed by atoms with Crippen molar-refractivity contribution in [2.45, 2.75) is 24.3 Å². The Kier molecular flexibility index (Phi) is 6.86. The third-order valence-electron chi connectivity index (χ3n) is 5.38. The number of sulfonamides is 1. The van der Waals surface area contributed by atoms with Crippen LogP contribution in [0.3, 0.4) is 0 Å². The standard InChI is InChI=1S/C27H23NO5S/c1-19(29)21-11-14-24(15-12-21)33-27(30)26(17-20-7-3-2-4-8-20)28-34(31,32)25-16-13-22-9-5-6-10-23(22)18-25/h2-16,18,26,28H,17H2,1H3/t26-/m0/s1. The second-order valence-corrected chi connectivity index (χ2v) is 9.59. The van der Waals surface area contributed by atoms with Crippen LogP contribution in [-0.2, 0) is 21.2 Å². The van der Waals surface area contributed by atoms with E-state index in [0.29, 0.717) is 5.56 Å². The Morgan fingerprint density at radius 1 is 0.824 bits per heavy atom. The van der Waals surface area contributed by atoms with Gasteiger partial charge in [-0.2, -0.15) is 4.72 Å². The number of ketones is 1. The molecule has 6 nitrogen and oxygen atoms in total. The van der Waals surface area contributed by atoms with E-state index in [-0.39, 0.29) is 22.8 Å². The molecular weight excluding hydrogens is 450 g/mol. The van der Waals surface area contributed by atoms with Gasteiger partial charge in [-0.25, -0.2) is 13.2 Å². The Hall–Kier alpha value is -3.81. The van der Waals surface area contributed by atoms with Crippen LogP contribution in [0.2, 0.25) is 0 Å². The van der Waals surface area contributed by atoms with E-state index in [2.05, 4.69) is 4.72 Å². The molecule has 0 aliphatic rings. The average molecular weight is 474 g/mol. The smallest absolute Gasteiger partial charge is 0.329 e. The van der Waals surface area contributed by atoms with E-state index < -0.39 is 22.0 Å². The van der Waals surface area contributed by atoms with Crippen molar-refractivity contribution in [1.82, 2.24) is 4.72 Å². The van der Waals surface area contributed by atoms with Crippen LogP contribution in [0.25, 0.3) is 10.8 Å². The molecule has 0 unspecified atom stereocenters. The average Bonchev–Trinajstić information content (AvgIpc) is 2.84. The van der Waals surface area contributed by atoms with E-state index in [9.17, 15) is 18.0 Å². The zero-order valence-corrected chi connectivity index (χ0v) is 19.3. The second kappa shape index (κ2) is 9.99. The fourth-order valence-corrected chi connectivity index (χ4v) is 4.78. The minimum Gasteiger partial charge on any atom is -0.425 e. The maximum Gasteiger partial charge on any atom is 0.329 e. The highest BCUT2D eigenvalue weighted by Crippen LogP contribution is 2.20. The molecule has 172 valence electrons. The van der Waals surface area contributed by atoms with Crippen LogP contribution in [0, 0.1) is 0 Å². The van der Waals surface area contributed by atoms with Gasteiger partial charge in [0.05, 0.1) is 4.90 Å².